The van der Waals surface area contributed by atoms with Crippen LogP contribution in [-0.4, -0.2) is 9.17 Å². The van der Waals surface area contributed by atoms with Gasteiger partial charge in [0, 0.05) is 0 Å². The molecule has 0 fully saturated rings. The second-order valence-corrected chi connectivity index (χ2v) is 5.36. The highest BCUT2D eigenvalue weighted by atomic mass is 28.3. The van der Waals surface area contributed by atoms with E-state index in [4.69, 9.17) is 8.85 Å². The Hall–Kier alpha value is -1.94. The van der Waals surface area contributed by atoms with Crippen molar-refractivity contribution in [1.82, 2.24) is 0 Å². The Morgan fingerprint density at radius 1 is 0.750 bits per heavy atom. The van der Waals surface area contributed by atoms with Crippen molar-refractivity contribution in [3.8, 4) is 11.5 Å². The van der Waals surface area contributed by atoms with Gasteiger partial charge >= 0.3 is 9.17 Å². The molecule has 2 rings (SSSR count). The highest BCUT2D eigenvalue weighted by molar-refractivity contribution is 6.28. The van der Waals surface area contributed by atoms with E-state index < -0.39 is 9.17 Å². The molecule has 0 amide bonds. The lowest BCUT2D eigenvalue weighted by Gasteiger charge is -2.06. The lowest BCUT2D eigenvalue weighted by Crippen LogP contribution is -2.19. The van der Waals surface area contributed by atoms with E-state index in [1.54, 1.807) is 0 Å². The van der Waals surface area contributed by atoms with Crippen molar-refractivity contribution < 1.29 is 13.3 Å². The van der Waals surface area contributed by atoms with Gasteiger partial charge in [0.1, 0.15) is 11.5 Å². The second-order valence-electron chi connectivity index (χ2n) is 4.45. The molecule has 0 atom stereocenters. The Morgan fingerprint density at radius 3 is 1.40 bits per heavy atom. The molecule has 0 bridgehead atoms. The first-order valence-electron chi connectivity index (χ1n) is 6.78. The predicted molar refractivity (Wildman–Crippen MR) is 79.3 cm³/mol. The fourth-order valence-electron chi connectivity index (χ4n) is 1.80. The monoisotopic (exact) mass is 286 g/mol. The van der Waals surface area contributed by atoms with Gasteiger partial charge in [-0.1, -0.05) is 38.1 Å². The zero-order valence-electron chi connectivity index (χ0n) is 11.8. The fourth-order valence-corrected chi connectivity index (χ4v) is 2.50. The van der Waals surface area contributed by atoms with Crippen LogP contribution in [0.5, 0.6) is 11.5 Å². The van der Waals surface area contributed by atoms with Crippen LogP contribution >= 0.6 is 0 Å². The van der Waals surface area contributed by atoms with Crippen molar-refractivity contribution >= 4 is 9.17 Å². The van der Waals surface area contributed by atoms with Crippen LogP contribution in [0.15, 0.2) is 48.5 Å². The molecular formula is C16H18O3Si. The Labute approximate surface area is 121 Å². The van der Waals surface area contributed by atoms with Gasteiger partial charge in [0.25, 0.3) is 0 Å². The number of aryl methyl sites for hydroxylation is 2. The Morgan fingerprint density at radius 2 is 1.10 bits per heavy atom. The molecule has 0 spiro atoms. The third-order valence-electron chi connectivity index (χ3n) is 3.07. The van der Waals surface area contributed by atoms with Gasteiger partial charge in [0.15, 0.2) is 0 Å². The maximum absolute atomic E-state index is 11.8. The largest absolute Gasteiger partial charge is 0.778 e. The molecule has 0 aromatic heterocycles. The van der Waals surface area contributed by atoms with Crippen LogP contribution in [-0.2, 0) is 17.3 Å². The van der Waals surface area contributed by atoms with Crippen LogP contribution in [0.4, 0.5) is 0 Å². The van der Waals surface area contributed by atoms with Gasteiger partial charge in [0.05, 0.1) is 0 Å². The van der Waals surface area contributed by atoms with Crippen molar-refractivity contribution in [3.63, 3.8) is 0 Å². The Balaban J connectivity index is 1.93. The summed E-state index contributed by atoms with van der Waals surface area (Å²) in [7, 11) is -2.58. The zero-order valence-corrected chi connectivity index (χ0v) is 12.8. The van der Waals surface area contributed by atoms with Crippen LogP contribution < -0.4 is 8.85 Å². The van der Waals surface area contributed by atoms with E-state index in [2.05, 4.69) is 13.8 Å². The second kappa shape index (κ2) is 7.00. The maximum Gasteiger partial charge on any atom is 0.778 e. The van der Waals surface area contributed by atoms with Crippen LogP contribution in [0.3, 0.4) is 0 Å². The summed E-state index contributed by atoms with van der Waals surface area (Å²) in [5, 5.41) is 0. The smallest absolute Gasteiger partial charge is 0.459 e. The summed E-state index contributed by atoms with van der Waals surface area (Å²) in [6, 6.07) is 15.1. The van der Waals surface area contributed by atoms with Crippen molar-refractivity contribution in [2.45, 2.75) is 26.7 Å². The van der Waals surface area contributed by atoms with Crippen molar-refractivity contribution in [2.24, 2.45) is 0 Å². The molecule has 0 heterocycles. The highest BCUT2D eigenvalue weighted by Crippen LogP contribution is 2.15. The van der Waals surface area contributed by atoms with Crippen LogP contribution in [0.2, 0.25) is 0 Å². The van der Waals surface area contributed by atoms with E-state index >= 15 is 0 Å². The van der Waals surface area contributed by atoms with E-state index in [0.717, 1.165) is 12.8 Å². The lowest BCUT2D eigenvalue weighted by atomic mass is 10.2. The van der Waals surface area contributed by atoms with Gasteiger partial charge in [-0.3, -0.25) is 4.46 Å². The summed E-state index contributed by atoms with van der Waals surface area (Å²) in [5.41, 5.74) is 2.43. The maximum atomic E-state index is 11.8. The highest BCUT2D eigenvalue weighted by Gasteiger charge is 2.13. The summed E-state index contributed by atoms with van der Waals surface area (Å²) in [4.78, 5) is 0. The lowest BCUT2D eigenvalue weighted by molar-refractivity contribution is 0.346. The van der Waals surface area contributed by atoms with Gasteiger partial charge < -0.3 is 8.85 Å². The van der Waals surface area contributed by atoms with Gasteiger partial charge in [0.2, 0.25) is 0 Å². The molecule has 20 heavy (non-hydrogen) atoms. The minimum absolute atomic E-state index is 0.566. The van der Waals surface area contributed by atoms with E-state index in [-0.39, 0.29) is 0 Å². The fraction of sp³-hybridized carbons (Fsp3) is 0.250. The van der Waals surface area contributed by atoms with Gasteiger partial charge in [-0.15, -0.1) is 0 Å². The molecule has 0 aliphatic heterocycles. The first-order chi connectivity index (χ1) is 9.71. The van der Waals surface area contributed by atoms with Crippen molar-refractivity contribution in [2.75, 3.05) is 0 Å². The van der Waals surface area contributed by atoms with E-state index in [1.807, 2.05) is 48.5 Å². The standard InChI is InChI=1S/C16H18O3Si/c1-3-13-5-9-15(10-6-13)18-20(17)19-16-11-7-14(4-2)8-12-16/h5-12H,3-4H2,1-2H3. The molecule has 0 aliphatic carbocycles. The average Bonchev–Trinajstić information content (AvgIpc) is 2.49. The SMILES string of the molecule is CCc1ccc(O[Si](=O)Oc2ccc(CC)cc2)cc1. The van der Waals surface area contributed by atoms with Crippen molar-refractivity contribution in [3.05, 3.63) is 59.7 Å². The minimum atomic E-state index is -2.58. The topological polar surface area (TPSA) is 35.5 Å². The quantitative estimate of drug-likeness (QED) is 0.760. The van der Waals surface area contributed by atoms with Crippen LogP contribution in [0, 0.1) is 0 Å². The van der Waals surface area contributed by atoms with E-state index in [1.165, 1.54) is 11.1 Å². The Kier molecular flexibility index (Phi) is 5.07. The van der Waals surface area contributed by atoms with Crippen molar-refractivity contribution in [1.29, 1.82) is 0 Å². The molecule has 0 radical (unpaired) electrons. The molecule has 0 saturated carbocycles. The predicted octanol–water partition coefficient (Wildman–Crippen LogP) is 3.68. The third-order valence-corrected chi connectivity index (χ3v) is 3.87. The molecular weight excluding hydrogens is 268 g/mol. The normalized spacial score (nSPS) is 10.1. The summed E-state index contributed by atoms with van der Waals surface area (Å²) in [5.74, 6) is 1.13. The number of benzene rings is 2. The molecule has 2 aromatic carbocycles. The number of hydrogen-bond acceptors (Lipinski definition) is 3. The number of rotatable bonds is 6. The van der Waals surface area contributed by atoms with Crippen LogP contribution in [0.1, 0.15) is 25.0 Å². The summed E-state index contributed by atoms with van der Waals surface area (Å²) < 4.78 is 22.4. The van der Waals surface area contributed by atoms with Gasteiger partial charge in [-0.25, -0.2) is 0 Å². The molecule has 0 saturated heterocycles. The first kappa shape index (κ1) is 14.5. The first-order valence-corrected chi connectivity index (χ1v) is 8.01. The average molecular weight is 286 g/mol. The third kappa shape index (κ3) is 4.03. The molecule has 0 unspecified atom stereocenters. The molecule has 4 heteroatoms. The summed E-state index contributed by atoms with van der Waals surface area (Å²) >= 11 is 0. The summed E-state index contributed by atoms with van der Waals surface area (Å²) in [6.07, 6.45) is 1.94. The molecule has 3 nitrogen and oxygen atoms in total. The Bertz CT molecular complexity index is 510. The minimum Gasteiger partial charge on any atom is -0.459 e. The molecule has 104 valence electrons. The van der Waals surface area contributed by atoms with E-state index in [9.17, 15) is 4.46 Å². The van der Waals surface area contributed by atoms with Gasteiger partial charge in [-0.05, 0) is 48.2 Å². The molecule has 2 aromatic rings. The number of hydrogen-bond donors (Lipinski definition) is 0. The summed E-state index contributed by atoms with van der Waals surface area (Å²) in [6.45, 7) is 4.17. The van der Waals surface area contributed by atoms with Crippen LogP contribution in [0.25, 0.3) is 0 Å². The molecule has 0 aliphatic rings. The zero-order chi connectivity index (χ0) is 14.4. The van der Waals surface area contributed by atoms with E-state index in [0.29, 0.717) is 11.5 Å². The van der Waals surface area contributed by atoms with Gasteiger partial charge in [-0.2, -0.15) is 0 Å². The molecule has 0 N–H and O–H groups in total.